The number of hydrogen-bond donors (Lipinski definition) is 2. The van der Waals surface area contributed by atoms with Crippen molar-refractivity contribution in [1.82, 2.24) is 15.1 Å². The molecular formula is C20H17ClFN3O3. The lowest BCUT2D eigenvalue weighted by molar-refractivity contribution is 0.0675. The first-order valence-corrected chi connectivity index (χ1v) is 9.02. The Bertz CT molecular complexity index is 1050. The van der Waals surface area contributed by atoms with Crippen molar-refractivity contribution >= 4 is 17.5 Å². The van der Waals surface area contributed by atoms with Gasteiger partial charge in [0.25, 0.3) is 5.91 Å². The van der Waals surface area contributed by atoms with E-state index >= 15 is 0 Å². The fourth-order valence-electron chi connectivity index (χ4n) is 3.54. The third kappa shape index (κ3) is 2.93. The van der Waals surface area contributed by atoms with E-state index in [0.29, 0.717) is 34.0 Å². The van der Waals surface area contributed by atoms with Crippen LogP contribution in [0, 0.1) is 5.82 Å². The number of nitrogens with one attached hydrogen (secondary N) is 1. The maximum absolute atomic E-state index is 14.7. The Morgan fingerprint density at radius 2 is 2.11 bits per heavy atom. The average Bonchev–Trinajstić information content (AvgIpc) is 3.22. The molecule has 0 saturated heterocycles. The molecular weight excluding hydrogens is 385 g/mol. The molecule has 28 heavy (non-hydrogen) atoms. The van der Waals surface area contributed by atoms with Gasteiger partial charge in [-0.25, -0.2) is 4.39 Å². The second-order valence-electron chi connectivity index (χ2n) is 6.44. The Morgan fingerprint density at radius 1 is 1.32 bits per heavy atom. The molecule has 1 aliphatic heterocycles. The number of fused-ring (bicyclic) bond motifs is 1. The van der Waals surface area contributed by atoms with Crippen molar-refractivity contribution in [2.45, 2.75) is 6.04 Å². The van der Waals surface area contributed by atoms with Gasteiger partial charge in [0.15, 0.2) is 0 Å². The van der Waals surface area contributed by atoms with Crippen molar-refractivity contribution in [3.05, 3.63) is 70.1 Å². The van der Waals surface area contributed by atoms with Crippen LogP contribution in [0.3, 0.4) is 0 Å². The van der Waals surface area contributed by atoms with Gasteiger partial charge in [-0.1, -0.05) is 29.8 Å². The minimum Gasteiger partial charge on any atom is -0.507 e. The van der Waals surface area contributed by atoms with Crippen LogP contribution in [0.4, 0.5) is 4.39 Å². The van der Waals surface area contributed by atoms with Crippen LogP contribution < -0.4 is 0 Å². The van der Waals surface area contributed by atoms with Gasteiger partial charge in [0, 0.05) is 35.4 Å². The van der Waals surface area contributed by atoms with Crippen LogP contribution in [0.25, 0.3) is 11.3 Å². The molecule has 0 bridgehead atoms. The van der Waals surface area contributed by atoms with Gasteiger partial charge in [0.2, 0.25) is 0 Å². The van der Waals surface area contributed by atoms with Gasteiger partial charge in [-0.15, -0.1) is 0 Å². The number of aromatic amines is 1. The number of H-pyrrole nitrogens is 1. The second-order valence-corrected chi connectivity index (χ2v) is 6.87. The summed E-state index contributed by atoms with van der Waals surface area (Å²) in [5.41, 5.74) is 1.83. The number of phenolic OH excluding ortho intramolecular Hbond substituents is 1. The van der Waals surface area contributed by atoms with Crippen LogP contribution in [0.15, 0.2) is 42.5 Å². The molecule has 0 aliphatic carbocycles. The predicted molar refractivity (Wildman–Crippen MR) is 102 cm³/mol. The number of hydrogen-bond acceptors (Lipinski definition) is 4. The predicted octanol–water partition coefficient (Wildman–Crippen LogP) is 3.77. The molecule has 2 heterocycles. The lowest BCUT2D eigenvalue weighted by atomic mass is 9.95. The van der Waals surface area contributed by atoms with E-state index in [-0.39, 0.29) is 23.9 Å². The van der Waals surface area contributed by atoms with Crippen molar-refractivity contribution in [3.8, 4) is 17.0 Å². The highest BCUT2D eigenvalue weighted by atomic mass is 35.5. The third-order valence-corrected chi connectivity index (χ3v) is 5.05. The molecule has 3 aromatic rings. The highest BCUT2D eigenvalue weighted by molar-refractivity contribution is 6.31. The molecule has 6 nitrogen and oxygen atoms in total. The Balaban J connectivity index is 1.92. The number of halogens is 2. The average molecular weight is 402 g/mol. The van der Waals surface area contributed by atoms with E-state index in [1.165, 1.54) is 24.1 Å². The zero-order valence-electron chi connectivity index (χ0n) is 14.9. The van der Waals surface area contributed by atoms with E-state index in [1.54, 1.807) is 30.3 Å². The summed E-state index contributed by atoms with van der Waals surface area (Å²) in [6, 6.07) is 10.2. The summed E-state index contributed by atoms with van der Waals surface area (Å²) in [7, 11) is 1.54. The van der Waals surface area contributed by atoms with Gasteiger partial charge in [-0.3, -0.25) is 9.89 Å². The summed E-state index contributed by atoms with van der Waals surface area (Å²) >= 11 is 6.09. The number of aromatic nitrogens is 2. The molecule has 0 unspecified atom stereocenters. The number of methoxy groups -OCH3 is 1. The number of nitrogens with zero attached hydrogens (tertiary/aromatic N) is 2. The summed E-state index contributed by atoms with van der Waals surface area (Å²) in [5.74, 6) is -0.771. The van der Waals surface area contributed by atoms with E-state index < -0.39 is 11.9 Å². The van der Waals surface area contributed by atoms with Crippen LogP contribution in [0.2, 0.25) is 5.02 Å². The highest BCUT2D eigenvalue weighted by Crippen LogP contribution is 2.45. The first kappa shape index (κ1) is 18.5. The molecule has 0 spiro atoms. The Hall–Kier alpha value is -2.90. The molecule has 1 amide bonds. The smallest absolute Gasteiger partial charge is 0.273 e. The second kappa shape index (κ2) is 7.26. The van der Waals surface area contributed by atoms with Crippen molar-refractivity contribution in [2.75, 3.05) is 20.3 Å². The van der Waals surface area contributed by atoms with Gasteiger partial charge in [0.05, 0.1) is 12.6 Å². The molecule has 1 atom stereocenters. The van der Waals surface area contributed by atoms with Crippen molar-refractivity contribution in [1.29, 1.82) is 0 Å². The first-order chi connectivity index (χ1) is 13.5. The van der Waals surface area contributed by atoms with Crippen molar-refractivity contribution in [3.63, 3.8) is 0 Å². The maximum Gasteiger partial charge on any atom is 0.273 e. The summed E-state index contributed by atoms with van der Waals surface area (Å²) in [5, 5.41) is 17.7. The van der Waals surface area contributed by atoms with E-state index in [9.17, 15) is 14.3 Å². The Morgan fingerprint density at radius 3 is 2.86 bits per heavy atom. The standard InChI is InChI=1S/C20H17ClFN3O3/c1-28-9-8-25-19(12-4-2-3-5-14(12)22)16-17(23-24-18(16)20(25)27)13-10-11(21)6-7-15(13)26/h2-7,10,19,26H,8-9H2,1H3,(H,23,24)/t19-/m0/s1. The van der Waals surface area contributed by atoms with Crippen LogP contribution in [-0.4, -0.2) is 46.4 Å². The normalized spacial score (nSPS) is 15.9. The number of aromatic hydroxyl groups is 1. The van der Waals surface area contributed by atoms with Crippen LogP contribution >= 0.6 is 11.6 Å². The number of carbonyl (C=O) groups excluding carboxylic acids is 1. The molecule has 1 aromatic heterocycles. The zero-order chi connectivity index (χ0) is 19.8. The molecule has 2 N–H and O–H groups in total. The van der Waals surface area contributed by atoms with Gasteiger partial charge in [-0.05, 0) is 24.3 Å². The molecule has 0 saturated carbocycles. The van der Waals surface area contributed by atoms with Crippen LogP contribution in [0.1, 0.15) is 27.7 Å². The van der Waals surface area contributed by atoms with E-state index in [2.05, 4.69) is 10.2 Å². The van der Waals surface area contributed by atoms with Crippen LogP contribution in [0.5, 0.6) is 5.75 Å². The zero-order valence-corrected chi connectivity index (χ0v) is 15.7. The highest BCUT2D eigenvalue weighted by Gasteiger charge is 2.43. The fraction of sp³-hybridized carbons (Fsp3) is 0.200. The van der Waals surface area contributed by atoms with Crippen molar-refractivity contribution < 1.29 is 19.0 Å². The summed E-state index contributed by atoms with van der Waals surface area (Å²) in [4.78, 5) is 14.5. The van der Waals surface area contributed by atoms with E-state index in [1.807, 2.05) is 0 Å². The lowest BCUT2D eigenvalue weighted by Gasteiger charge is -2.26. The number of phenols is 1. The SMILES string of the molecule is COCCN1C(=O)c2[nH]nc(-c3cc(Cl)ccc3O)c2[C@@H]1c1ccccc1F. The van der Waals surface area contributed by atoms with E-state index in [4.69, 9.17) is 16.3 Å². The quantitative estimate of drug-likeness (QED) is 0.682. The van der Waals surface area contributed by atoms with Gasteiger partial charge < -0.3 is 14.7 Å². The first-order valence-electron chi connectivity index (χ1n) is 8.64. The monoisotopic (exact) mass is 401 g/mol. The largest absolute Gasteiger partial charge is 0.507 e. The van der Waals surface area contributed by atoms with Gasteiger partial charge in [0.1, 0.15) is 23.0 Å². The molecule has 0 radical (unpaired) electrons. The van der Waals surface area contributed by atoms with E-state index in [0.717, 1.165) is 0 Å². The number of ether oxygens (including phenoxy) is 1. The molecule has 2 aromatic carbocycles. The van der Waals surface area contributed by atoms with Gasteiger partial charge >= 0.3 is 0 Å². The fourth-order valence-corrected chi connectivity index (χ4v) is 3.71. The summed E-state index contributed by atoms with van der Waals surface area (Å²) in [6.07, 6.45) is 0. The molecule has 1 aliphatic rings. The number of carbonyl (C=O) groups is 1. The van der Waals surface area contributed by atoms with Crippen LogP contribution in [-0.2, 0) is 4.74 Å². The summed E-state index contributed by atoms with van der Waals surface area (Å²) in [6.45, 7) is 0.573. The minimum atomic E-state index is -0.703. The molecule has 0 fully saturated rings. The molecule has 8 heteroatoms. The molecule has 4 rings (SSSR count). The Kier molecular flexibility index (Phi) is 4.78. The van der Waals surface area contributed by atoms with Crippen molar-refractivity contribution in [2.24, 2.45) is 0 Å². The summed E-state index contributed by atoms with van der Waals surface area (Å²) < 4.78 is 19.8. The molecule has 144 valence electrons. The number of rotatable bonds is 5. The van der Waals surface area contributed by atoms with Gasteiger partial charge in [-0.2, -0.15) is 5.10 Å². The topological polar surface area (TPSA) is 78.5 Å². The number of amides is 1. The Labute approximate surface area is 165 Å². The lowest BCUT2D eigenvalue weighted by Crippen LogP contribution is -2.33. The minimum absolute atomic E-state index is 0.0335. The maximum atomic E-state index is 14.7. The number of benzene rings is 2. The third-order valence-electron chi connectivity index (χ3n) is 4.81.